The van der Waals surface area contributed by atoms with E-state index in [1.165, 1.54) is 4.31 Å². The summed E-state index contributed by atoms with van der Waals surface area (Å²) in [5.74, 6) is -0.115. The second-order valence-electron chi connectivity index (χ2n) is 7.64. The molecular weight excluding hydrogens is 446 g/mol. The molecule has 3 aromatic carbocycles. The fourth-order valence-corrected chi connectivity index (χ4v) is 6.16. The molecule has 1 N–H and O–H groups in total. The number of rotatable bonds is 5. The molecular formula is C22H21N5O3S2. The van der Waals surface area contributed by atoms with Crippen molar-refractivity contribution in [1.29, 1.82) is 0 Å². The van der Waals surface area contributed by atoms with Gasteiger partial charge in [0, 0.05) is 37.3 Å². The standard InChI is InChI=1S/C22H21N5O3S2/c28-21(23-18-8-3-6-16-5-1-2-7-17(16)18)15-26-11-13-27(14-12-26)32(29,30)20-10-4-9-19-22(20)25-31-24-19/h1-10H,11-15H2,(H,23,28). The largest absolute Gasteiger partial charge is 0.324 e. The first kappa shape index (κ1) is 21.0. The lowest BCUT2D eigenvalue weighted by atomic mass is 10.1. The molecule has 4 aromatic rings. The van der Waals surface area contributed by atoms with Gasteiger partial charge in [-0.05, 0) is 23.6 Å². The highest BCUT2D eigenvalue weighted by molar-refractivity contribution is 7.89. The summed E-state index contributed by atoms with van der Waals surface area (Å²) < 4.78 is 36.1. The molecule has 0 spiro atoms. The summed E-state index contributed by atoms with van der Waals surface area (Å²) in [4.78, 5) is 14.8. The van der Waals surface area contributed by atoms with E-state index < -0.39 is 10.0 Å². The first-order chi connectivity index (χ1) is 15.5. The highest BCUT2D eigenvalue weighted by atomic mass is 32.2. The van der Waals surface area contributed by atoms with Gasteiger partial charge >= 0.3 is 0 Å². The number of carbonyl (C=O) groups is 1. The number of hydrogen-bond acceptors (Lipinski definition) is 7. The summed E-state index contributed by atoms with van der Waals surface area (Å²) in [5, 5.41) is 5.05. The third kappa shape index (κ3) is 3.97. The van der Waals surface area contributed by atoms with Crippen LogP contribution in [0.4, 0.5) is 5.69 Å². The van der Waals surface area contributed by atoms with Gasteiger partial charge in [0.2, 0.25) is 15.9 Å². The van der Waals surface area contributed by atoms with Crippen LogP contribution in [0.15, 0.2) is 65.6 Å². The Balaban J connectivity index is 1.23. The van der Waals surface area contributed by atoms with Crippen LogP contribution in [0.5, 0.6) is 0 Å². The van der Waals surface area contributed by atoms with E-state index in [0.29, 0.717) is 37.2 Å². The Kier molecular flexibility index (Phi) is 5.60. The van der Waals surface area contributed by atoms with E-state index in [1.54, 1.807) is 18.2 Å². The zero-order chi connectivity index (χ0) is 22.1. The van der Waals surface area contributed by atoms with Crippen molar-refractivity contribution in [2.24, 2.45) is 0 Å². The fraction of sp³-hybridized carbons (Fsp3) is 0.227. The highest BCUT2D eigenvalue weighted by Crippen LogP contribution is 2.25. The maximum atomic E-state index is 13.2. The van der Waals surface area contributed by atoms with Crippen LogP contribution < -0.4 is 5.32 Å². The molecule has 1 aliphatic heterocycles. The smallest absolute Gasteiger partial charge is 0.245 e. The predicted molar refractivity (Wildman–Crippen MR) is 125 cm³/mol. The number of fused-ring (bicyclic) bond motifs is 2. The summed E-state index contributed by atoms with van der Waals surface area (Å²) in [5.41, 5.74) is 1.77. The molecule has 5 rings (SSSR count). The van der Waals surface area contributed by atoms with Crippen LogP contribution in [0.1, 0.15) is 0 Å². The lowest BCUT2D eigenvalue weighted by molar-refractivity contribution is -0.117. The number of aromatic nitrogens is 2. The molecule has 0 radical (unpaired) electrons. The first-order valence-corrected chi connectivity index (χ1v) is 12.4. The Morgan fingerprint density at radius 2 is 1.69 bits per heavy atom. The molecule has 0 unspecified atom stereocenters. The number of sulfonamides is 1. The van der Waals surface area contributed by atoms with Gasteiger partial charge < -0.3 is 5.32 Å². The van der Waals surface area contributed by atoms with Gasteiger partial charge in [0.25, 0.3) is 0 Å². The lowest BCUT2D eigenvalue weighted by Gasteiger charge is -2.33. The first-order valence-electron chi connectivity index (χ1n) is 10.2. The van der Waals surface area contributed by atoms with Crippen molar-refractivity contribution in [3.63, 3.8) is 0 Å². The van der Waals surface area contributed by atoms with Gasteiger partial charge in [-0.15, -0.1) is 0 Å². The van der Waals surface area contributed by atoms with Crippen LogP contribution in [0.3, 0.4) is 0 Å². The number of piperazine rings is 1. The van der Waals surface area contributed by atoms with Gasteiger partial charge in [-0.2, -0.15) is 13.1 Å². The molecule has 1 saturated heterocycles. The Hall–Kier alpha value is -2.92. The summed E-state index contributed by atoms with van der Waals surface area (Å²) in [7, 11) is -3.67. The number of anilines is 1. The van der Waals surface area contributed by atoms with Crippen LogP contribution in [-0.2, 0) is 14.8 Å². The molecule has 8 nitrogen and oxygen atoms in total. The normalized spacial score (nSPS) is 15.9. The Morgan fingerprint density at radius 3 is 2.53 bits per heavy atom. The number of amides is 1. The number of benzene rings is 3. The minimum absolute atomic E-state index is 0.115. The van der Waals surface area contributed by atoms with Crippen molar-refractivity contribution in [1.82, 2.24) is 18.0 Å². The van der Waals surface area contributed by atoms with E-state index in [0.717, 1.165) is 28.2 Å². The average molecular weight is 468 g/mol. The maximum Gasteiger partial charge on any atom is 0.245 e. The van der Waals surface area contributed by atoms with E-state index in [-0.39, 0.29) is 17.3 Å². The van der Waals surface area contributed by atoms with Gasteiger partial charge in [0.15, 0.2) is 0 Å². The van der Waals surface area contributed by atoms with E-state index >= 15 is 0 Å². The van der Waals surface area contributed by atoms with E-state index in [1.807, 2.05) is 47.4 Å². The van der Waals surface area contributed by atoms with Crippen molar-refractivity contribution < 1.29 is 13.2 Å². The topological polar surface area (TPSA) is 95.5 Å². The summed E-state index contributed by atoms with van der Waals surface area (Å²) in [6.45, 7) is 1.80. The fourth-order valence-electron chi connectivity index (χ4n) is 3.98. The minimum Gasteiger partial charge on any atom is -0.324 e. The van der Waals surface area contributed by atoms with Crippen LogP contribution in [0.2, 0.25) is 0 Å². The van der Waals surface area contributed by atoms with Crippen LogP contribution in [0.25, 0.3) is 21.8 Å². The second kappa shape index (κ2) is 8.55. The molecule has 0 atom stereocenters. The molecule has 1 fully saturated rings. The van der Waals surface area contributed by atoms with Crippen molar-refractivity contribution in [2.75, 3.05) is 38.0 Å². The van der Waals surface area contributed by atoms with Crippen molar-refractivity contribution >= 4 is 55.2 Å². The van der Waals surface area contributed by atoms with Crippen molar-refractivity contribution in [3.05, 3.63) is 60.7 Å². The number of carbonyl (C=O) groups excluding carboxylic acids is 1. The van der Waals surface area contributed by atoms with Gasteiger partial charge in [0.05, 0.1) is 18.3 Å². The Bertz CT molecular complexity index is 1390. The molecule has 1 aliphatic rings. The molecule has 2 heterocycles. The second-order valence-corrected chi connectivity index (χ2v) is 10.1. The average Bonchev–Trinajstić information content (AvgIpc) is 3.28. The third-order valence-electron chi connectivity index (χ3n) is 5.63. The van der Waals surface area contributed by atoms with Crippen molar-refractivity contribution in [3.8, 4) is 0 Å². The molecule has 0 saturated carbocycles. The Morgan fingerprint density at radius 1 is 0.938 bits per heavy atom. The molecule has 1 amide bonds. The van der Waals surface area contributed by atoms with Crippen LogP contribution in [0, 0.1) is 0 Å². The quantitative estimate of drug-likeness (QED) is 0.485. The molecule has 0 bridgehead atoms. The highest BCUT2D eigenvalue weighted by Gasteiger charge is 2.31. The van der Waals surface area contributed by atoms with Crippen LogP contribution >= 0.6 is 11.7 Å². The number of hydrogen-bond donors (Lipinski definition) is 1. The summed E-state index contributed by atoms with van der Waals surface area (Å²) >= 11 is 1.00. The zero-order valence-corrected chi connectivity index (χ0v) is 18.8. The molecule has 164 valence electrons. The monoisotopic (exact) mass is 467 g/mol. The molecule has 0 aliphatic carbocycles. The Labute approximate surface area is 189 Å². The lowest BCUT2D eigenvalue weighted by Crippen LogP contribution is -2.50. The van der Waals surface area contributed by atoms with E-state index in [9.17, 15) is 13.2 Å². The SMILES string of the molecule is O=C(CN1CCN(S(=O)(=O)c2cccc3nsnc23)CC1)Nc1cccc2ccccc12. The summed E-state index contributed by atoms with van der Waals surface area (Å²) in [6.07, 6.45) is 0. The van der Waals surface area contributed by atoms with E-state index in [4.69, 9.17) is 0 Å². The number of nitrogens with one attached hydrogen (secondary N) is 1. The zero-order valence-electron chi connectivity index (χ0n) is 17.1. The van der Waals surface area contributed by atoms with E-state index in [2.05, 4.69) is 14.1 Å². The number of nitrogens with zero attached hydrogens (tertiary/aromatic N) is 4. The minimum atomic E-state index is -3.67. The molecule has 10 heteroatoms. The third-order valence-corrected chi connectivity index (χ3v) is 8.10. The maximum absolute atomic E-state index is 13.2. The van der Waals surface area contributed by atoms with Gasteiger partial charge in [0.1, 0.15) is 15.9 Å². The van der Waals surface area contributed by atoms with Gasteiger partial charge in [-0.3, -0.25) is 9.69 Å². The van der Waals surface area contributed by atoms with Gasteiger partial charge in [-0.25, -0.2) is 8.42 Å². The van der Waals surface area contributed by atoms with Crippen molar-refractivity contribution in [2.45, 2.75) is 4.90 Å². The molecule has 32 heavy (non-hydrogen) atoms. The van der Waals surface area contributed by atoms with Crippen LogP contribution in [-0.4, -0.2) is 65.0 Å². The molecule has 1 aromatic heterocycles. The predicted octanol–water partition coefficient (Wildman–Crippen LogP) is 2.79. The van der Waals surface area contributed by atoms with Gasteiger partial charge in [-0.1, -0.05) is 42.5 Å². The summed E-state index contributed by atoms with van der Waals surface area (Å²) in [6, 6.07) is 18.7.